The van der Waals surface area contributed by atoms with Gasteiger partial charge in [0.05, 0.1) is 9.85 Å². The fourth-order valence-corrected chi connectivity index (χ4v) is 2.54. The minimum Gasteiger partial charge on any atom is -0.320 e. The van der Waals surface area contributed by atoms with Crippen molar-refractivity contribution in [3.05, 3.63) is 97.8 Å². The van der Waals surface area contributed by atoms with Gasteiger partial charge in [0.25, 0.3) is 11.8 Å². The number of nitro groups is 2. The van der Waals surface area contributed by atoms with Crippen LogP contribution in [0.3, 0.4) is 0 Å². The quantitative estimate of drug-likeness (QED) is 0.434. The highest BCUT2D eigenvalue weighted by atomic mass is 19.1. The maximum absolute atomic E-state index is 13.4. The molecule has 3 rings (SSSR count). The third-order valence-corrected chi connectivity index (χ3v) is 4.02. The number of hydrogen-bond acceptors (Lipinski definition) is 7. The lowest BCUT2D eigenvalue weighted by Gasteiger charge is -2.08. The summed E-state index contributed by atoms with van der Waals surface area (Å²) < 4.78 is 26.8. The van der Waals surface area contributed by atoms with Gasteiger partial charge in [0.15, 0.2) is 0 Å². The highest BCUT2D eigenvalue weighted by molar-refractivity contribution is 6.06. The number of nitro benzene ring substituents is 2. The minimum atomic E-state index is -1.08. The van der Waals surface area contributed by atoms with E-state index in [9.17, 15) is 38.6 Å². The van der Waals surface area contributed by atoms with Crippen molar-refractivity contribution in [1.82, 2.24) is 4.98 Å². The Morgan fingerprint density at radius 2 is 1.16 bits per heavy atom. The fraction of sp³-hybridized carbons (Fsp3) is 0. The topological polar surface area (TPSA) is 157 Å². The van der Waals surface area contributed by atoms with Gasteiger partial charge in [0, 0.05) is 23.5 Å². The minimum absolute atomic E-state index is 0.0709. The van der Waals surface area contributed by atoms with E-state index in [4.69, 9.17) is 0 Å². The summed E-state index contributed by atoms with van der Waals surface area (Å²) in [6.45, 7) is 0. The van der Waals surface area contributed by atoms with Crippen molar-refractivity contribution in [1.29, 1.82) is 0 Å². The first kappa shape index (κ1) is 21.9. The van der Waals surface area contributed by atoms with E-state index in [0.29, 0.717) is 0 Å². The second-order valence-electron chi connectivity index (χ2n) is 6.16. The van der Waals surface area contributed by atoms with Crippen LogP contribution in [0.25, 0.3) is 0 Å². The molecular weight excluding hydrogens is 432 g/mol. The van der Waals surface area contributed by atoms with Crippen LogP contribution in [-0.4, -0.2) is 26.6 Å². The van der Waals surface area contributed by atoms with E-state index in [2.05, 4.69) is 15.6 Å². The molecule has 0 aliphatic rings. The van der Waals surface area contributed by atoms with Crippen LogP contribution in [0.1, 0.15) is 21.0 Å². The van der Waals surface area contributed by atoms with Crippen LogP contribution in [0.15, 0.2) is 54.6 Å². The molecule has 0 fully saturated rings. The Kier molecular flexibility index (Phi) is 6.09. The third kappa shape index (κ3) is 4.84. The summed E-state index contributed by atoms with van der Waals surface area (Å²) in [5.41, 5.74) is -2.30. The van der Waals surface area contributed by atoms with Gasteiger partial charge in [0.1, 0.15) is 11.4 Å². The zero-order valence-electron chi connectivity index (χ0n) is 15.7. The van der Waals surface area contributed by atoms with Crippen LogP contribution >= 0.6 is 0 Å². The standard InChI is InChI=1S/C19H11F2N5O6/c20-12-6-4-10(8-16(12)25(29)30)22-18(27)14-2-1-3-15(24-14)19(28)23-11-5-7-13(21)17(9-11)26(31)32/h1-9H,(H,22,27)(H,23,28). The van der Waals surface area contributed by atoms with Crippen LogP contribution in [0.4, 0.5) is 31.5 Å². The van der Waals surface area contributed by atoms with Gasteiger partial charge in [-0.15, -0.1) is 0 Å². The van der Waals surface area contributed by atoms with Crippen LogP contribution in [0.5, 0.6) is 0 Å². The van der Waals surface area contributed by atoms with Crippen molar-refractivity contribution in [3.63, 3.8) is 0 Å². The Hall–Kier alpha value is -4.81. The summed E-state index contributed by atoms with van der Waals surface area (Å²) in [6.07, 6.45) is 0. The molecule has 3 aromatic rings. The third-order valence-electron chi connectivity index (χ3n) is 4.02. The normalized spacial score (nSPS) is 10.3. The zero-order valence-corrected chi connectivity index (χ0v) is 15.7. The SMILES string of the molecule is O=C(Nc1ccc(F)c([N+](=O)[O-])c1)c1cccc(C(=O)Nc2ccc(F)c([N+](=O)[O-])c2)n1. The molecule has 0 unspecified atom stereocenters. The van der Waals surface area contributed by atoms with Crippen molar-refractivity contribution >= 4 is 34.6 Å². The lowest BCUT2D eigenvalue weighted by atomic mass is 10.2. The van der Waals surface area contributed by atoms with Gasteiger partial charge in [-0.3, -0.25) is 29.8 Å². The zero-order chi connectivity index (χ0) is 23.4. The number of aromatic nitrogens is 1. The number of halogens is 2. The van der Waals surface area contributed by atoms with E-state index in [1.54, 1.807) is 0 Å². The second kappa shape index (κ2) is 8.91. The average molecular weight is 443 g/mol. The van der Waals surface area contributed by atoms with Gasteiger partial charge in [-0.05, 0) is 36.4 Å². The molecule has 0 aliphatic heterocycles. The number of hydrogen-bond donors (Lipinski definition) is 2. The molecule has 32 heavy (non-hydrogen) atoms. The molecule has 0 radical (unpaired) electrons. The number of nitrogens with one attached hydrogen (secondary N) is 2. The fourth-order valence-electron chi connectivity index (χ4n) is 2.54. The van der Waals surface area contributed by atoms with Gasteiger partial charge in [0.2, 0.25) is 11.6 Å². The molecule has 11 nitrogen and oxygen atoms in total. The summed E-state index contributed by atoms with van der Waals surface area (Å²) in [7, 11) is 0. The van der Waals surface area contributed by atoms with Crippen molar-refractivity contribution in [3.8, 4) is 0 Å². The number of nitrogens with zero attached hydrogens (tertiary/aromatic N) is 3. The largest absolute Gasteiger partial charge is 0.320 e. The summed E-state index contributed by atoms with van der Waals surface area (Å²) in [5.74, 6) is -3.83. The molecule has 0 aliphatic carbocycles. The predicted molar refractivity (Wildman–Crippen MR) is 106 cm³/mol. The summed E-state index contributed by atoms with van der Waals surface area (Å²) in [4.78, 5) is 48.4. The van der Waals surface area contributed by atoms with E-state index >= 15 is 0 Å². The number of carbonyl (C=O) groups is 2. The first-order chi connectivity index (χ1) is 15.2. The highest BCUT2D eigenvalue weighted by Crippen LogP contribution is 2.23. The van der Waals surface area contributed by atoms with Gasteiger partial charge in [-0.1, -0.05) is 6.07 Å². The van der Waals surface area contributed by atoms with E-state index < -0.39 is 44.7 Å². The molecule has 13 heteroatoms. The number of carbonyl (C=O) groups excluding carboxylic acids is 2. The van der Waals surface area contributed by atoms with E-state index in [-0.39, 0.29) is 22.8 Å². The molecule has 0 saturated carbocycles. The van der Waals surface area contributed by atoms with Crippen LogP contribution in [0, 0.1) is 31.9 Å². The maximum atomic E-state index is 13.4. The molecule has 1 heterocycles. The lowest BCUT2D eigenvalue weighted by molar-refractivity contribution is -0.387. The van der Waals surface area contributed by atoms with Crippen LogP contribution < -0.4 is 10.6 Å². The molecular formula is C19H11F2N5O6. The number of rotatable bonds is 6. The van der Waals surface area contributed by atoms with Gasteiger partial charge in [-0.25, -0.2) is 4.98 Å². The van der Waals surface area contributed by atoms with Crippen molar-refractivity contribution in [2.24, 2.45) is 0 Å². The first-order valence-electron chi connectivity index (χ1n) is 8.63. The molecule has 0 saturated heterocycles. The number of pyridine rings is 1. The highest BCUT2D eigenvalue weighted by Gasteiger charge is 2.19. The number of anilines is 2. The molecule has 162 valence electrons. The summed E-state index contributed by atoms with van der Waals surface area (Å²) in [5, 5.41) is 26.2. The Morgan fingerprint density at radius 1 is 0.750 bits per heavy atom. The van der Waals surface area contributed by atoms with Crippen molar-refractivity contribution < 1.29 is 28.2 Å². The van der Waals surface area contributed by atoms with Crippen LogP contribution in [-0.2, 0) is 0 Å². The van der Waals surface area contributed by atoms with E-state index in [0.717, 1.165) is 36.4 Å². The monoisotopic (exact) mass is 443 g/mol. The van der Waals surface area contributed by atoms with Crippen molar-refractivity contribution in [2.75, 3.05) is 10.6 Å². The lowest BCUT2D eigenvalue weighted by Crippen LogP contribution is -2.18. The molecule has 2 aromatic carbocycles. The Balaban J connectivity index is 1.78. The second-order valence-corrected chi connectivity index (χ2v) is 6.16. The molecule has 2 amide bonds. The van der Waals surface area contributed by atoms with E-state index in [1.807, 2.05) is 0 Å². The molecule has 0 spiro atoms. The molecule has 0 bridgehead atoms. The Morgan fingerprint density at radius 3 is 1.53 bits per heavy atom. The number of benzene rings is 2. The van der Waals surface area contributed by atoms with E-state index in [1.165, 1.54) is 18.2 Å². The predicted octanol–water partition coefficient (Wildman–Crippen LogP) is 3.68. The molecule has 0 atom stereocenters. The molecule has 1 aromatic heterocycles. The Labute approximate surface area is 177 Å². The van der Waals surface area contributed by atoms with Crippen molar-refractivity contribution in [2.45, 2.75) is 0 Å². The molecule has 2 N–H and O–H groups in total. The van der Waals surface area contributed by atoms with Gasteiger partial charge in [-0.2, -0.15) is 8.78 Å². The first-order valence-corrected chi connectivity index (χ1v) is 8.63. The summed E-state index contributed by atoms with van der Waals surface area (Å²) in [6, 6.07) is 9.34. The average Bonchev–Trinajstić information content (AvgIpc) is 2.76. The Bertz CT molecular complexity index is 1170. The maximum Gasteiger partial charge on any atom is 0.306 e. The van der Waals surface area contributed by atoms with Gasteiger partial charge >= 0.3 is 11.4 Å². The smallest absolute Gasteiger partial charge is 0.306 e. The van der Waals surface area contributed by atoms with Crippen LogP contribution in [0.2, 0.25) is 0 Å². The number of amides is 2. The van der Waals surface area contributed by atoms with Gasteiger partial charge < -0.3 is 10.6 Å². The summed E-state index contributed by atoms with van der Waals surface area (Å²) >= 11 is 0.